The Morgan fingerprint density at radius 1 is 0.935 bits per heavy atom. The molecule has 0 aliphatic heterocycles. The highest BCUT2D eigenvalue weighted by Crippen LogP contribution is 2.25. The van der Waals surface area contributed by atoms with Crippen LogP contribution in [0.4, 0.5) is 5.69 Å². The summed E-state index contributed by atoms with van der Waals surface area (Å²) in [4.78, 5) is 12.8. The average Bonchev–Trinajstić information content (AvgIpc) is 2.79. The SMILES string of the molecule is COc1ccc(CNC(=O)c2ccc(NS(=O)(=O)c3ccccc3)c(C)c2)c(OC)c1. The van der Waals surface area contributed by atoms with Crippen LogP contribution in [0.1, 0.15) is 21.5 Å². The molecule has 31 heavy (non-hydrogen) atoms. The quantitative estimate of drug-likeness (QED) is 0.557. The van der Waals surface area contributed by atoms with Gasteiger partial charge in [0.25, 0.3) is 15.9 Å². The molecule has 7 nitrogen and oxygen atoms in total. The standard InChI is InChI=1S/C23H24N2O5S/c1-16-13-17(10-12-21(16)25-31(27,28)20-7-5-4-6-8-20)23(26)24-15-18-9-11-19(29-2)14-22(18)30-3/h4-14,25H,15H2,1-3H3,(H,24,26). The maximum atomic E-state index is 12.6. The van der Waals surface area contributed by atoms with Crippen LogP contribution in [0, 0.1) is 6.92 Å². The fraction of sp³-hybridized carbons (Fsp3) is 0.174. The van der Waals surface area contributed by atoms with Crippen LogP contribution in [0.2, 0.25) is 0 Å². The number of aryl methyl sites for hydroxylation is 1. The Bertz CT molecular complexity index is 1180. The first-order valence-corrected chi connectivity index (χ1v) is 11.0. The number of hydrogen-bond acceptors (Lipinski definition) is 5. The second-order valence-corrected chi connectivity index (χ2v) is 8.49. The normalized spacial score (nSPS) is 10.9. The summed E-state index contributed by atoms with van der Waals surface area (Å²) in [5.74, 6) is 0.996. The number of ether oxygens (including phenoxy) is 2. The molecule has 8 heteroatoms. The first-order chi connectivity index (χ1) is 14.8. The van der Waals surface area contributed by atoms with E-state index in [9.17, 15) is 13.2 Å². The van der Waals surface area contributed by atoms with Gasteiger partial charge in [-0.15, -0.1) is 0 Å². The Balaban J connectivity index is 1.70. The fourth-order valence-corrected chi connectivity index (χ4v) is 4.15. The number of methoxy groups -OCH3 is 2. The summed E-state index contributed by atoms with van der Waals surface area (Å²) < 4.78 is 38.1. The van der Waals surface area contributed by atoms with Crippen LogP contribution >= 0.6 is 0 Å². The monoisotopic (exact) mass is 440 g/mol. The summed E-state index contributed by atoms with van der Waals surface area (Å²) >= 11 is 0. The van der Waals surface area contributed by atoms with Gasteiger partial charge in [-0.1, -0.05) is 18.2 Å². The van der Waals surface area contributed by atoms with E-state index in [0.29, 0.717) is 28.3 Å². The molecule has 162 valence electrons. The summed E-state index contributed by atoms with van der Waals surface area (Å²) in [7, 11) is -0.578. The molecule has 0 aliphatic rings. The molecule has 0 atom stereocenters. The molecule has 3 aromatic rings. The van der Waals surface area contributed by atoms with Crippen molar-refractivity contribution in [1.82, 2.24) is 5.32 Å². The molecule has 0 saturated heterocycles. The van der Waals surface area contributed by atoms with Crippen LogP contribution in [0.5, 0.6) is 11.5 Å². The van der Waals surface area contributed by atoms with Crippen LogP contribution in [-0.2, 0) is 16.6 Å². The Morgan fingerprint density at radius 3 is 2.32 bits per heavy atom. The van der Waals surface area contributed by atoms with Crippen LogP contribution in [0.25, 0.3) is 0 Å². The molecule has 1 amide bonds. The lowest BCUT2D eigenvalue weighted by Gasteiger charge is -2.13. The van der Waals surface area contributed by atoms with Gasteiger partial charge in [0, 0.05) is 23.7 Å². The van der Waals surface area contributed by atoms with E-state index in [1.54, 1.807) is 69.7 Å². The smallest absolute Gasteiger partial charge is 0.261 e. The first kappa shape index (κ1) is 22.2. The minimum absolute atomic E-state index is 0.171. The zero-order valence-corrected chi connectivity index (χ0v) is 18.3. The van der Waals surface area contributed by atoms with Crippen molar-refractivity contribution in [2.24, 2.45) is 0 Å². The molecule has 3 aromatic carbocycles. The lowest BCUT2D eigenvalue weighted by atomic mass is 10.1. The van der Waals surface area contributed by atoms with Crippen molar-refractivity contribution < 1.29 is 22.7 Å². The van der Waals surface area contributed by atoms with Gasteiger partial charge in [-0.2, -0.15) is 0 Å². The van der Waals surface area contributed by atoms with Gasteiger partial charge in [0.1, 0.15) is 11.5 Å². The van der Waals surface area contributed by atoms with E-state index in [0.717, 1.165) is 5.56 Å². The van der Waals surface area contributed by atoms with E-state index in [4.69, 9.17) is 9.47 Å². The molecule has 0 radical (unpaired) electrons. The van der Waals surface area contributed by atoms with Gasteiger partial charge in [0.05, 0.1) is 24.8 Å². The number of nitrogens with one attached hydrogen (secondary N) is 2. The minimum atomic E-state index is -3.70. The number of benzene rings is 3. The summed E-state index contributed by atoms with van der Waals surface area (Å²) in [5, 5.41) is 2.85. The van der Waals surface area contributed by atoms with Crippen molar-refractivity contribution in [1.29, 1.82) is 0 Å². The van der Waals surface area contributed by atoms with Crippen LogP contribution in [0.15, 0.2) is 71.6 Å². The number of amides is 1. The number of carbonyl (C=O) groups is 1. The Hall–Kier alpha value is -3.52. The topological polar surface area (TPSA) is 93.7 Å². The van der Waals surface area contributed by atoms with E-state index < -0.39 is 10.0 Å². The molecule has 0 aromatic heterocycles. The third kappa shape index (κ3) is 5.35. The van der Waals surface area contributed by atoms with Crippen molar-refractivity contribution in [2.45, 2.75) is 18.4 Å². The van der Waals surface area contributed by atoms with E-state index in [-0.39, 0.29) is 17.3 Å². The summed E-state index contributed by atoms with van der Waals surface area (Å²) in [6.07, 6.45) is 0. The second kappa shape index (κ2) is 9.53. The van der Waals surface area contributed by atoms with Gasteiger partial charge in [-0.25, -0.2) is 8.42 Å². The number of sulfonamides is 1. The largest absolute Gasteiger partial charge is 0.497 e. The van der Waals surface area contributed by atoms with Crippen LogP contribution in [0.3, 0.4) is 0 Å². The number of anilines is 1. The second-order valence-electron chi connectivity index (χ2n) is 6.81. The minimum Gasteiger partial charge on any atom is -0.497 e. The van der Waals surface area contributed by atoms with Gasteiger partial charge in [-0.3, -0.25) is 9.52 Å². The van der Waals surface area contributed by atoms with Crippen molar-refractivity contribution in [3.63, 3.8) is 0 Å². The molecular formula is C23H24N2O5S. The Morgan fingerprint density at radius 2 is 1.68 bits per heavy atom. The molecular weight excluding hydrogens is 416 g/mol. The third-order valence-electron chi connectivity index (χ3n) is 4.72. The zero-order valence-electron chi connectivity index (χ0n) is 17.5. The molecule has 0 fully saturated rings. The van der Waals surface area contributed by atoms with Crippen LogP contribution in [-0.4, -0.2) is 28.5 Å². The predicted molar refractivity (Wildman–Crippen MR) is 119 cm³/mol. The van der Waals surface area contributed by atoms with Crippen molar-refractivity contribution in [3.05, 3.63) is 83.4 Å². The lowest BCUT2D eigenvalue weighted by Crippen LogP contribution is -2.23. The molecule has 0 heterocycles. The van der Waals surface area contributed by atoms with Gasteiger partial charge in [0.15, 0.2) is 0 Å². The first-order valence-electron chi connectivity index (χ1n) is 9.51. The van der Waals surface area contributed by atoms with Crippen molar-refractivity contribution >= 4 is 21.6 Å². The van der Waals surface area contributed by atoms with Gasteiger partial charge < -0.3 is 14.8 Å². The average molecular weight is 441 g/mol. The number of rotatable bonds is 8. The van der Waals surface area contributed by atoms with Gasteiger partial charge >= 0.3 is 0 Å². The highest BCUT2D eigenvalue weighted by atomic mass is 32.2. The molecule has 3 rings (SSSR count). The summed E-state index contributed by atoms with van der Waals surface area (Å²) in [6.45, 7) is 2.01. The molecule has 0 bridgehead atoms. The Labute approximate surface area is 182 Å². The molecule has 0 spiro atoms. The van der Waals surface area contributed by atoms with Crippen molar-refractivity contribution in [3.8, 4) is 11.5 Å². The highest BCUT2D eigenvalue weighted by Gasteiger charge is 2.16. The van der Waals surface area contributed by atoms with Crippen molar-refractivity contribution in [2.75, 3.05) is 18.9 Å². The molecule has 0 saturated carbocycles. The maximum Gasteiger partial charge on any atom is 0.261 e. The summed E-state index contributed by atoms with van der Waals surface area (Å²) in [5.41, 5.74) is 2.28. The number of carbonyl (C=O) groups excluding carboxylic acids is 1. The molecule has 0 aliphatic carbocycles. The van der Waals surface area contributed by atoms with E-state index in [1.807, 2.05) is 6.07 Å². The van der Waals surface area contributed by atoms with E-state index in [2.05, 4.69) is 10.0 Å². The van der Waals surface area contributed by atoms with E-state index in [1.165, 1.54) is 12.1 Å². The number of hydrogen-bond donors (Lipinski definition) is 2. The molecule has 0 unspecified atom stereocenters. The van der Waals surface area contributed by atoms with Gasteiger partial charge in [-0.05, 0) is 55.0 Å². The summed E-state index contributed by atoms with van der Waals surface area (Å²) in [6, 6.07) is 18.3. The third-order valence-corrected chi connectivity index (χ3v) is 6.10. The predicted octanol–water partition coefficient (Wildman–Crippen LogP) is 3.74. The molecule has 2 N–H and O–H groups in total. The van der Waals surface area contributed by atoms with Crippen LogP contribution < -0.4 is 19.5 Å². The van der Waals surface area contributed by atoms with Gasteiger partial charge in [0.2, 0.25) is 0 Å². The fourth-order valence-electron chi connectivity index (χ4n) is 3.00. The Kier molecular flexibility index (Phi) is 6.81. The lowest BCUT2D eigenvalue weighted by molar-refractivity contribution is 0.0950. The maximum absolute atomic E-state index is 12.6. The van der Waals surface area contributed by atoms with E-state index >= 15 is 0 Å². The zero-order chi connectivity index (χ0) is 22.4. The highest BCUT2D eigenvalue weighted by molar-refractivity contribution is 7.92.